The summed E-state index contributed by atoms with van der Waals surface area (Å²) >= 11 is 0. The van der Waals surface area contributed by atoms with Crippen LogP contribution in [0.3, 0.4) is 0 Å². The molecule has 1 unspecified atom stereocenters. The number of carbonyl (C=O) groups excluding carboxylic acids is 2. The average Bonchev–Trinajstić information content (AvgIpc) is 2.65. The van der Waals surface area contributed by atoms with Gasteiger partial charge in [0.15, 0.2) is 0 Å². The standard InChI is InChI=1S/C20H31N3O3/c1-17(24)21-11-7-3-6-10-20(25)22-19(18-8-4-2-5-9-18)16-23-12-14-26-15-13-23/h2,4-5,8-9,19H,3,6-7,10-16H2,1H3,(H,21,24)(H,22,25). The third-order valence-electron chi connectivity index (χ3n) is 4.54. The Morgan fingerprint density at radius 2 is 1.85 bits per heavy atom. The van der Waals surface area contributed by atoms with Gasteiger partial charge < -0.3 is 15.4 Å². The van der Waals surface area contributed by atoms with E-state index in [0.717, 1.165) is 57.7 Å². The first-order valence-corrected chi connectivity index (χ1v) is 9.54. The number of unbranched alkanes of at least 4 members (excludes halogenated alkanes) is 2. The molecule has 6 nitrogen and oxygen atoms in total. The first-order valence-electron chi connectivity index (χ1n) is 9.54. The zero-order chi connectivity index (χ0) is 18.6. The van der Waals surface area contributed by atoms with Gasteiger partial charge in [-0.15, -0.1) is 0 Å². The van der Waals surface area contributed by atoms with Gasteiger partial charge >= 0.3 is 0 Å². The van der Waals surface area contributed by atoms with Crippen molar-refractivity contribution in [2.45, 2.75) is 38.6 Å². The minimum Gasteiger partial charge on any atom is -0.379 e. The van der Waals surface area contributed by atoms with Crippen molar-refractivity contribution >= 4 is 11.8 Å². The Morgan fingerprint density at radius 1 is 1.12 bits per heavy atom. The van der Waals surface area contributed by atoms with Gasteiger partial charge in [-0.05, 0) is 18.4 Å². The molecule has 0 spiro atoms. The second kappa shape index (κ2) is 11.6. The Bertz CT molecular complexity index is 544. The van der Waals surface area contributed by atoms with Gasteiger partial charge in [-0.25, -0.2) is 0 Å². The lowest BCUT2D eigenvalue weighted by molar-refractivity contribution is -0.122. The van der Waals surface area contributed by atoms with E-state index in [1.807, 2.05) is 18.2 Å². The maximum atomic E-state index is 12.4. The zero-order valence-corrected chi connectivity index (χ0v) is 15.7. The van der Waals surface area contributed by atoms with E-state index in [1.54, 1.807) is 0 Å². The van der Waals surface area contributed by atoms with Crippen LogP contribution in [-0.2, 0) is 14.3 Å². The number of morpholine rings is 1. The molecule has 0 saturated carbocycles. The van der Waals surface area contributed by atoms with Crippen LogP contribution in [0.1, 0.15) is 44.2 Å². The fraction of sp³-hybridized carbons (Fsp3) is 0.600. The van der Waals surface area contributed by atoms with E-state index < -0.39 is 0 Å². The van der Waals surface area contributed by atoms with Gasteiger partial charge in [-0.2, -0.15) is 0 Å². The van der Waals surface area contributed by atoms with Crippen LogP contribution in [-0.4, -0.2) is 56.1 Å². The van der Waals surface area contributed by atoms with Gasteiger partial charge in [-0.3, -0.25) is 14.5 Å². The van der Waals surface area contributed by atoms with Crippen molar-refractivity contribution in [3.8, 4) is 0 Å². The molecule has 1 saturated heterocycles. The lowest BCUT2D eigenvalue weighted by Gasteiger charge is -2.31. The third kappa shape index (κ3) is 7.97. The Kier molecular flexibility index (Phi) is 9.14. The van der Waals surface area contributed by atoms with Crippen LogP contribution in [0.2, 0.25) is 0 Å². The predicted molar refractivity (Wildman–Crippen MR) is 102 cm³/mol. The number of rotatable bonds is 10. The number of ether oxygens (including phenoxy) is 1. The van der Waals surface area contributed by atoms with Gasteiger partial charge in [0.2, 0.25) is 11.8 Å². The molecule has 0 aromatic heterocycles. The van der Waals surface area contributed by atoms with Crippen molar-refractivity contribution in [2.75, 3.05) is 39.4 Å². The molecule has 2 rings (SSSR count). The van der Waals surface area contributed by atoms with Crippen molar-refractivity contribution in [1.29, 1.82) is 0 Å². The van der Waals surface area contributed by atoms with Crippen LogP contribution in [0.25, 0.3) is 0 Å². The molecule has 6 heteroatoms. The van der Waals surface area contributed by atoms with E-state index in [2.05, 4.69) is 27.7 Å². The summed E-state index contributed by atoms with van der Waals surface area (Å²) in [6, 6.07) is 10.1. The number of hydrogen-bond acceptors (Lipinski definition) is 4. The van der Waals surface area contributed by atoms with Crippen LogP contribution in [0.15, 0.2) is 30.3 Å². The van der Waals surface area contributed by atoms with Crippen LogP contribution in [0.4, 0.5) is 0 Å². The normalized spacial score (nSPS) is 16.0. The van der Waals surface area contributed by atoms with E-state index in [4.69, 9.17) is 4.74 Å². The minimum atomic E-state index is -0.00319. The fourth-order valence-electron chi connectivity index (χ4n) is 3.08. The Hall–Kier alpha value is -1.92. The number of carbonyl (C=O) groups is 2. The van der Waals surface area contributed by atoms with E-state index in [-0.39, 0.29) is 17.9 Å². The van der Waals surface area contributed by atoms with Crippen molar-refractivity contribution < 1.29 is 14.3 Å². The zero-order valence-electron chi connectivity index (χ0n) is 15.7. The summed E-state index contributed by atoms with van der Waals surface area (Å²) in [5, 5.41) is 5.98. The molecule has 1 aliphatic heterocycles. The van der Waals surface area contributed by atoms with Gasteiger partial charge in [0.05, 0.1) is 19.3 Å². The Labute approximate surface area is 156 Å². The van der Waals surface area contributed by atoms with Gasteiger partial charge in [0.25, 0.3) is 0 Å². The second-order valence-corrected chi connectivity index (χ2v) is 6.74. The van der Waals surface area contributed by atoms with Gasteiger partial charge in [0.1, 0.15) is 0 Å². The molecule has 1 heterocycles. The SMILES string of the molecule is CC(=O)NCCCCCC(=O)NC(CN1CCOCC1)c1ccccc1. The number of hydrogen-bond donors (Lipinski definition) is 2. The van der Waals surface area contributed by atoms with Crippen LogP contribution >= 0.6 is 0 Å². The molecular weight excluding hydrogens is 330 g/mol. The molecule has 144 valence electrons. The number of nitrogens with zero attached hydrogens (tertiary/aromatic N) is 1. The molecule has 1 atom stereocenters. The molecule has 2 N–H and O–H groups in total. The van der Waals surface area contributed by atoms with Crippen LogP contribution in [0.5, 0.6) is 0 Å². The Balaban J connectivity index is 1.77. The molecule has 0 aliphatic carbocycles. The monoisotopic (exact) mass is 361 g/mol. The van der Waals surface area contributed by atoms with Crippen molar-refractivity contribution in [3.05, 3.63) is 35.9 Å². The summed E-state index contributed by atoms with van der Waals surface area (Å²) in [5.74, 6) is 0.0863. The van der Waals surface area contributed by atoms with Crippen LogP contribution < -0.4 is 10.6 Å². The highest BCUT2D eigenvalue weighted by Gasteiger charge is 2.19. The maximum Gasteiger partial charge on any atom is 0.220 e. The molecule has 0 radical (unpaired) electrons. The summed E-state index contributed by atoms with van der Waals surface area (Å²) in [6.07, 6.45) is 3.20. The van der Waals surface area contributed by atoms with Gasteiger partial charge in [0, 0.05) is 39.5 Å². The molecule has 0 bridgehead atoms. The van der Waals surface area contributed by atoms with Crippen LogP contribution in [0, 0.1) is 0 Å². The highest BCUT2D eigenvalue weighted by atomic mass is 16.5. The molecule has 1 aromatic rings. The largest absolute Gasteiger partial charge is 0.379 e. The first-order chi connectivity index (χ1) is 12.6. The summed E-state index contributed by atoms with van der Waals surface area (Å²) in [5.41, 5.74) is 1.14. The van der Waals surface area contributed by atoms with E-state index in [9.17, 15) is 9.59 Å². The van der Waals surface area contributed by atoms with E-state index in [1.165, 1.54) is 6.92 Å². The molecule has 1 aliphatic rings. The second-order valence-electron chi connectivity index (χ2n) is 6.74. The molecule has 2 amide bonds. The minimum absolute atomic E-state index is 0.00109. The summed E-state index contributed by atoms with van der Waals surface area (Å²) in [6.45, 7) is 6.33. The number of nitrogens with one attached hydrogen (secondary N) is 2. The highest BCUT2D eigenvalue weighted by Crippen LogP contribution is 2.16. The number of benzene rings is 1. The quantitative estimate of drug-likeness (QED) is 0.624. The van der Waals surface area contributed by atoms with E-state index >= 15 is 0 Å². The molecule has 26 heavy (non-hydrogen) atoms. The molecular formula is C20H31N3O3. The number of amides is 2. The fourth-order valence-corrected chi connectivity index (χ4v) is 3.08. The summed E-state index contributed by atoms with van der Waals surface area (Å²) < 4.78 is 5.41. The topological polar surface area (TPSA) is 70.7 Å². The van der Waals surface area contributed by atoms with E-state index in [0.29, 0.717) is 13.0 Å². The lowest BCUT2D eigenvalue weighted by atomic mass is 10.1. The maximum absolute atomic E-state index is 12.4. The smallest absolute Gasteiger partial charge is 0.220 e. The van der Waals surface area contributed by atoms with Crippen molar-refractivity contribution in [1.82, 2.24) is 15.5 Å². The highest BCUT2D eigenvalue weighted by molar-refractivity contribution is 5.76. The average molecular weight is 361 g/mol. The lowest BCUT2D eigenvalue weighted by Crippen LogP contribution is -2.43. The molecule has 1 aromatic carbocycles. The van der Waals surface area contributed by atoms with Crippen molar-refractivity contribution in [2.24, 2.45) is 0 Å². The summed E-state index contributed by atoms with van der Waals surface area (Å²) in [4.78, 5) is 25.5. The first kappa shape index (κ1) is 20.4. The van der Waals surface area contributed by atoms with Gasteiger partial charge in [-0.1, -0.05) is 36.8 Å². The van der Waals surface area contributed by atoms with Crippen molar-refractivity contribution in [3.63, 3.8) is 0 Å². The Morgan fingerprint density at radius 3 is 2.54 bits per heavy atom. The summed E-state index contributed by atoms with van der Waals surface area (Å²) in [7, 11) is 0. The third-order valence-corrected chi connectivity index (χ3v) is 4.54. The predicted octanol–water partition coefficient (Wildman–Crippen LogP) is 1.87. The molecule has 1 fully saturated rings.